The number of nitro groups is 5. The summed E-state index contributed by atoms with van der Waals surface area (Å²) in [5.41, 5.74) is 17.3. The Morgan fingerprint density at radius 3 is 1.17 bits per heavy atom. The molecule has 1 saturated heterocycles. The molecule has 40 heteroatoms. The molecule has 0 radical (unpaired) electrons. The summed E-state index contributed by atoms with van der Waals surface area (Å²) in [7, 11) is 4.80. The number of aliphatic carboxylic acids is 1. The van der Waals surface area contributed by atoms with Gasteiger partial charge < -0.3 is 62.5 Å². The van der Waals surface area contributed by atoms with Crippen molar-refractivity contribution >= 4 is 64.1 Å². The Kier molecular flexibility index (Phi) is 49.5. The second kappa shape index (κ2) is 57.1. The number of fused-ring (bicyclic) bond motifs is 12. The maximum atomic E-state index is 11.7. The Morgan fingerprint density at radius 2 is 0.765 bits per heavy atom. The molecule has 7 heterocycles. The molecule has 8 fully saturated rings. The Morgan fingerprint density at radius 1 is 0.423 bits per heavy atom. The fraction of sp³-hybridized carbons (Fsp3) is 0.422. The van der Waals surface area contributed by atoms with E-state index in [0.29, 0.717) is 58.3 Å². The van der Waals surface area contributed by atoms with Crippen LogP contribution in [0.1, 0.15) is 256 Å². The smallest absolute Gasteiger partial charge is 1.00 e. The van der Waals surface area contributed by atoms with Crippen molar-refractivity contribution in [2.45, 2.75) is 245 Å². The molecule has 38 nitrogen and oxygen atoms in total. The van der Waals surface area contributed by atoms with Gasteiger partial charge in [0.15, 0.2) is 0 Å². The summed E-state index contributed by atoms with van der Waals surface area (Å²) in [6.45, 7) is 9.12. The summed E-state index contributed by atoms with van der Waals surface area (Å²) in [5, 5.41) is 113. The van der Waals surface area contributed by atoms with Crippen molar-refractivity contribution in [2.75, 3.05) is 54.1 Å². The van der Waals surface area contributed by atoms with Gasteiger partial charge in [0, 0.05) is 149 Å². The second-order valence-electron chi connectivity index (χ2n) is 36.7. The van der Waals surface area contributed by atoms with Crippen LogP contribution in [-0.4, -0.2) is 124 Å². The van der Waals surface area contributed by atoms with Gasteiger partial charge in [-0.15, -0.1) is 4.91 Å². The van der Waals surface area contributed by atoms with E-state index < -0.39 is 26.6 Å². The van der Waals surface area contributed by atoms with Crippen molar-refractivity contribution in [2.24, 2.45) is 5.34 Å². The molecule has 0 atom stereocenters. The van der Waals surface area contributed by atoms with Crippen LogP contribution in [0.2, 0.25) is 0 Å². The van der Waals surface area contributed by atoms with Crippen LogP contribution in [0.25, 0.3) is 0 Å². The first-order valence-electron chi connectivity index (χ1n) is 45.7. The largest absolute Gasteiger partial charge is 1.00 e. The maximum absolute atomic E-state index is 11.7. The number of amides is 3. The van der Waals surface area contributed by atoms with Crippen LogP contribution >= 0.6 is 0 Å². The van der Waals surface area contributed by atoms with Crippen molar-refractivity contribution in [3.05, 3.63) is 344 Å². The molecule has 7 saturated carbocycles. The minimum Gasteiger partial charge on any atom is -1.00 e. The molecule has 149 heavy (non-hydrogen) atoms. The molecular formula is C109H133K2N15O23. The average molecular weight is 2100 g/mol. The van der Waals surface area contributed by atoms with E-state index in [1.165, 1.54) is 104 Å². The third kappa shape index (κ3) is 31.0. The number of rotatable bonds is 12. The number of carboxylic acids is 1. The maximum Gasteiger partial charge on any atom is 1.00 e. The summed E-state index contributed by atoms with van der Waals surface area (Å²) in [6.07, 6.45) is 16.7. The van der Waals surface area contributed by atoms with Crippen molar-refractivity contribution in [1.29, 1.82) is 15.8 Å². The Bertz CT molecular complexity index is 6430. The second-order valence-corrected chi connectivity index (χ2v) is 36.7. The average Bonchev–Trinajstić information content (AvgIpc) is 1.56. The van der Waals surface area contributed by atoms with E-state index in [1.807, 2.05) is 54.6 Å². The number of carbonyl (C=O) groups excluding carboxylic acids is 5. The van der Waals surface area contributed by atoms with Gasteiger partial charge >= 0.3 is 121 Å². The number of benzene rings is 9. The van der Waals surface area contributed by atoms with Gasteiger partial charge in [-0.1, -0.05) is 161 Å². The summed E-state index contributed by atoms with van der Waals surface area (Å²) >= 11 is 0. The van der Waals surface area contributed by atoms with E-state index in [-0.39, 0.29) is 258 Å². The number of carbonyl (C=O) groups is 6. The minimum atomic E-state index is -0.919. The topological polar surface area (TPSA) is 563 Å². The monoisotopic (exact) mass is 2100 g/mol. The first kappa shape index (κ1) is 129. The zero-order chi connectivity index (χ0) is 100. The number of non-ortho nitro benzene ring substituents is 5. The van der Waals surface area contributed by atoms with E-state index in [1.54, 1.807) is 121 Å². The van der Waals surface area contributed by atoms with Crippen LogP contribution in [0.15, 0.2) is 193 Å². The Hall–Kier alpha value is -12.3. The number of nitriles is 3. The molecule has 23 rings (SSSR count). The summed E-state index contributed by atoms with van der Waals surface area (Å²) in [4.78, 5) is 133. The molecule has 7 aliphatic heterocycles. The molecule has 0 bridgehead atoms. The van der Waals surface area contributed by atoms with Crippen molar-refractivity contribution in [1.82, 2.24) is 31.5 Å². The molecule has 7 aliphatic carbocycles. The Balaban J connectivity index is 0.000000425. The quantitative estimate of drug-likeness (QED) is 0.0165. The molecule has 784 valence electrons. The zero-order valence-electron chi connectivity index (χ0n) is 80.3. The van der Waals surface area contributed by atoms with Crippen LogP contribution in [0.5, 0.6) is 0 Å². The van der Waals surface area contributed by atoms with E-state index in [9.17, 15) is 79.3 Å². The number of likely N-dealkylation sites (N-methyl/N-ethyl adjacent to an activating group) is 1. The molecule has 14 aliphatic rings. The van der Waals surface area contributed by atoms with Gasteiger partial charge in [-0.3, -0.25) is 79.3 Å². The van der Waals surface area contributed by atoms with Crippen molar-refractivity contribution < 1.29 is 187 Å². The standard InChI is InChI=1S/C12H14N2O2.C12H11NO2.2C11H10N2O3.2C11H12N2O2.C11H11NO.C10H9NO2.C9H7NO2.C4H8O.7CH4.2K.HNO3.H/c1-13-7-9-6-10(14(15)16)2-3-11(9)12(8-13)4-5-12;1-15-11(14)12(6-7-12)10-5-3-2-4-9(10)8-13;14-10-11(3-4-11)9-2-1-8(13(15)16)5-7(9)6-12-10;14-10-11(3-4-11)9-5-8(13(15)16)2-1-7(9)6-12-10;14-13(15)9-1-2-10-8(5-9)6-12-7-11(10)3-4-11;14-13(15)9-2-1-8-6-12-7-11(3-4-11)10(8)5-9;13-10-11(5-6-11)9-4-2-1-3-8(9)7-12-10;1-13-10(12)6-8-4-2-3-5-9(8)7-11;10-6-8-4-2-1-3-7(8)5-9(11)12;1-2-4-5-3-1;;;;;;;;;;2-1-4-3;/h2-3,6H,4-5,7-8H2,1H3;2-5H,6-7H2,1H3;2*1-2,5H,3-4,6H2,(H,12,14);2*1-2,5,12H,3-4,6-7H2;1-4H,5-7H2,(H,12,13);2-5H,6H2,1H3;1-4H,5H2,(H,11,12);1-4H2;7*1H4;;;3H;/q;;;;;;;;;;;;;;;;;2*+1;;-1/p-1. The summed E-state index contributed by atoms with van der Waals surface area (Å²) in [5.74, 6) is -1.17. The number of nitro benzene ring substituents is 5. The zero-order valence-corrected chi connectivity index (χ0v) is 85.6. The summed E-state index contributed by atoms with van der Waals surface area (Å²) < 4.78 is 14.2. The predicted molar refractivity (Wildman–Crippen MR) is 551 cm³/mol. The van der Waals surface area contributed by atoms with Gasteiger partial charge in [-0.25, -0.2) is 0 Å². The fourth-order valence-electron chi connectivity index (χ4n) is 19.2. The van der Waals surface area contributed by atoms with E-state index in [4.69, 9.17) is 40.5 Å². The number of nitrogens with zero attached hydrogens (tertiary/aromatic N) is 10. The van der Waals surface area contributed by atoms with Crippen LogP contribution in [-0.2, 0) is 138 Å². The van der Waals surface area contributed by atoms with Gasteiger partial charge in [0.25, 0.3) is 28.4 Å². The molecule has 9 aromatic carbocycles. The molecule has 0 aromatic heterocycles. The molecule has 9 aromatic rings. The number of methoxy groups -OCH3 is 2. The number of hydrogen-bond donors (Lipinski definition) is 6. The SMILES string of the molecule is C.C.C.C.C.C.C.C1CCOC1.CN1Cc2cc([N+](=O)[O-])ccc2C2(CC2)C1.COC(=O)C1(c2ccccc2C#N)CC1.COC(=O)Cc1ccccc1C#N.N#Cc1ccccc1CC(=O)O.O=C1NCc2cc([N+](=O)[O-])ccc2C12CC2.O=C1NCc2ccc([N+](=O)[O-])cc2C12CC2.O=C1NCc2ccccc2C12CC2.O=NO[O-].O=[N+]([O-])c1ccc2c(c1)C1(CC1)CNC2.O=[N+]([O-])c1ccc2c(c1)CNCC21CC1.[H-].[K+].[K+]. The number of ether oxygens (including phenoxy) is 3. The first-order chi connectivity index (χ1) is 67.3. The predicted octanol–water partition coefficient (Wildman–Crippen LogP) is 11.9. The van der Waals surface area contributed by atoms with Gasteiger partial charge in [0.1, 0.15) is 5.34 Å². The molecule has 0 unspecified atom stereocenters. The van der Waals surface area contributed by atoms with Crippen LogP contribution < -0.4 is 135 Å². The number of carboxylic acid groups (broad SMARTS) is 1. The van der Waals surface area contributed by atoms with E-state index in [2.05, 4.69) is 66.5 Å². The minimum absolute atomic E-state index is 0. The molecule has 6 N–H and O–H groups in total. The van der Waals surface area contributed by atoms with Crippen LogP contribution in [0.3, 0.4) is 0 Å². The van der Waals surface area contributed by atoms with Crippen molar-refractivity contribution in [3.63, 3.8) is 0 Å². The van der Waals surface area contributed by atoms with Gasteiger partial charge in [-0.05, 0) is 211 Å². The van der Waals surface area contributed by atoms with E-state index >= 15 is 0 Å². The molecule has 6 spiro atoms. The molecular weight excluding hydrogens is 1970 g/mol. The van der Waals surface area contributed by atoms with Gasteiger partial charge in [0.05, 0.1) is 108 Å². The van der Waals surface area contributed by atoms with Crippen LogP contribution in [0.4, 0.5) is 28.4 Å². The number of nitrogens with one attached hydrogen (secondary N) is 5. The van der Waals surface area contributed by atoms with Gasteiger partial charge in [0.2, 0.25) is 17.7 Å². The summed E-state index contributed by atoms with van der Waals surface area (Å²) in [6, 6.07) is 60.7. The fourth-order valence-corrected chi connectivity index (χ4v) is 19.2. The Labute approximate surface area is 955 Å². The van der Waals surface area contributed by atoms with E-state index in [0.717, 1.165) is 156 Å². The third-order valence-electron chi connectivity index (χ3n) is 27.7. The van der Waals surface area contributed by atoms with Crippen molar-refractivity contribution in [3.8, 4) is 18.2 Å². The first-order valence-corrected chi connectivity index (χ1v) is 45.7. The third-order valence-corrected chi connectivity index (χ3v) is 27.7. The van der Waals surface area contributed by atoms with Crippen LogP contribution in [0, 0.1) is 89.5 Å². The normalized spacial score (nSPS) is 17.0. The van der Waals surface area contributed by atoms with Gasteiger partial charge in [-0.2, -0.15) is 15.8 Å². The number of hydrogen-bond acceptors (Lipinski definition) is 29. The molecule has 3 amide bonds. The number of esters is 2.